The Morgan fingerprint density at radius 3 is 2.69 bits per heavy atom. The zero-order chi connectivity index (χ0) is 12.2. The van der Waals surface area contributed by atoms with Gasteiger partial charge in [-0.2, -0.15) is 0 Å². The minimum absolute atomic E-state index is 0.341. The van der Waals surface area contributed by atoms with Crippen molar-refractivity contribution in [2.75, 3.05) is 0 Å². The van der Waals surface area contributed by atoms with E-state index in [1.807, 2.05) is 12.5 Å². The first-order valence-corrected chi connectivity index (χ1v) is 6.17. The number of imidazole rings is 1. The molecule has 0 aliphatic carbocycles. The lowest BCUT2D eigenvalue weighted by molar-refractivity contribution is 0.289. The zero-order valence-electron chi connectivity index (χ0n) is 11.2. The molecular formula is C13H25N3. The number of nitrogens with one attached hydrogen (secondary N) is 1. The number of hydrogen-bond donors (Lipinski definition) is 1. The summed E-state index contributed by atoms with van der Waals surface area (Å²) < 4.78 is 2.26. The van der Waals surface area contributed by atoms with Gasteiger partial charge in [0.25, 0.3) is 0 Å². The summed E-state index contributed by atoms with van der Waals surface area (Å²) in [4.78, 5) is 4.24. The van der Waals surface area contributed by atoms with E-state index in [1.165, 1.54) is 12.1 Å². The van der Waals surface area contributed by atoms with E-state index in [4.69, 9.17) is 0 Å². The van der Waals surface area contributed by atoms with Gasteiger partial charge in [0.15, 0.2) is 0 Å². The molecular weight excluding hydrogens is 198 g/mol. The molecule has 3 heteroatoms. The normalized spacial score (nSPS) is 12.4. The lowest BCUT2D eigenvalue weighted by atomic mass is 9.90. The average Bonchev–Trinajstić information content (AvgIpc) is 2.61. The molecule has 0 spiro atoms. The van der Waals surface area contributed by atoms with Gasteiger partial charge in [-0.3, -0.25) is 0 Å². The van der Waals surface area contributed by atoms with Crippen molar-refractivity contribution in [1.29, 1.82) is 0 Å². The third-order valence-electron chi connectivity index (χ3n) is 3.05. The highest BCUT2D eigenvalue weighted by molar-refractivity contribution is 4.99. The standard InChI is InChI=1S/C13H25N3/c1-6-13(4,5)9-16-10-14-7-12(16)8-15-11(2)3/h7,10-11,15H,6,8-9H2,1-5H3. The molecule has 1 rings (SSSR count). The van der Waals surface area contributed by atoms with Gasteiger partial charge in [0.05, 0.1) is 12.0 Å². The van der Waals surface area contributed by atoms with Crippen LogP contribution in [0.5, 0.6) is 0 Å². The second kappa shape index (κ2) is 5.48. The van der Waals surface area contributed by atoms with Crippen molar-refractivity contribution >= 4 is 0 Å². The molecule has 1 N–H and O–H groups in total. The summed E-state index contributed by atoms with van der Waals surface area (Å²) in [5.74, 6) is 0. The van der Waals surface area contributed by atoms with Crippen LogP contribution in [0, 0.1) is 5.41 Å². The number of rotatable bonds is 6. The minimum atomic E-state index is 0.341. The summed E-state index contributed by atoms with van der Waals surface area (Å²) in [6.07, 6.45) is 5.08. The summed E-state index contributed by atoms with van der Waals surface area (Å²) in [5, 5.41) is 3.43. The van der Waals surface area contributed by atoms with E-state index >= 15 is 0 Å². The smallest absolute Gasteiger partial charge is 0.0948 e. The van der Waals surface area contributed by atoms with Crippen molar-refractivity contribution in [1.82, 2.24) is 14.9 Å². The first kappa shape index (κ1) is 13.2. The molecule has 3 nitrogen and oxygen atoms in total. The van der Waals surface area contributed by atoms with Crippen LogP contribution in [0.2, 0.25) is 0 Å². The van der Waals surface area contributed by atoms with Crippen molar-refractivity contribution < 1.29 is 0 Å². The fraction of sp³-hybridized carbons (Fsp3) is 0.769. The van der Waals surface area contributed by atoms with Crippen LogP contribution in [-0.4, -0.2) is 15.6 Å². The Morgan fingerprint density at radius 1 is 1.44 bits per heavy atom. The van der Waals surface area contributed by atoms with Crippen molar-refractivity contribution in [3.63, 3.8) is 0 Å². The highest BCUT2D eigenvalue weighted by Crippen LogP contribution is 2.22. The molecule has 0 aliphatic heterocycles. The summed E-state index contributed by atoms with van der Waals surface area (Å²) >= 11 is 0. The molecule has 0 unspecified atom stereocenters. The second-order valence-corrected chi connectivity index (χ2v) is 5.57. The molecule has 0 atom stereocenters. The van der Waals surface area contributed by atoms with Crippen LogP contribution in [0.4, 0.5) is 0 Å². The van der Waals surface area contributed by atoms with Gasteiger partial charge in [0, 0.05) is 25.3 Å². The Morgan fingerprint density at radius 2 is 2.12 bits per heavy atom. The lowest BCUT2D eigenvalue weighted by Crippen LogP contribution is -2.25. The largest absolute Gasteiger partial charge is 0.333 e. The summed E-state index contributed by atoms with van der Waals surface area (Å²) in [5.41, 5.74) is 1.61. The molecule has 0 radical (unpaired) electrons. The Hall–Kier alpha value is -0.830. The third-order valence-corrected chi connectivity index (χ3v) is 3.05. The van der Waals surface area contributed by atoms with Gasteiger partial charge in [-0.25, -0.2) is 4.98 Å². The number of aromatic nitrogens is 2. The van der Waals surface area contributed by atoms with Crippen molar-refractivity contribution in [3.8, 4) is 0 Å². The van der Waals surface area contributed by atoms with Crippen molar-refractivity contribution in [2.24, 2.45) is 5.41 Å². The Labute approximate surface area is 99.3 Å². The Bertz CT molecular complexity index is 313. The van der Waals surface area contributed by atoms with Crippen LogP contribution < -0.4 is 5.32 Å². The van der Waals surface area contributed by atoms with Gasteiger partial charge < -0.3 is 9.88 Å². The van der Waals surface area contributed by atoms with Crippen LogP contribution in [-0.2, 0) is 13.1 Å². The van der Waals surface area contributed by atoms with Crippen LogP contribution in [0.25, 0.3) is 0 Å². The predicted octanol–water partition coefficient (Wildman–Crippen LogP) is 2.82. The Balaban J connectivity index is 2.63. The summed E-state index contributed by atoms with van der Waals surface area (Å²) in [6, 6.07) is 0.516. The molecule has 0 saturated heterocycles. The van der Waals surface area contributed by atoms with Gasteiger partial charge in [-0.15, -0.1) is 0 Å². The molecule has 0 aliphatic rings. The van der Waals surface area contributed by atoms with E-state index in [1.54, 1.807) is 0 Å². The highest BCUT2D eigenvalue weighted by atomic mass is 15.1. The quantitative estimate of drug-likeness (QED) is 0.803. The fourth-order valence-electron chi connectivity index (χ4n) is 1.52. The predicted molar refractivity (Wildman–Crippen MR) is 68.3 cm³/mol. The van der Waals surface area contributed by atoms with Gasteiger partial charge in [0.2, 0.25) is 0 Å². The molecule has 1 aromatic rings. The molecule has 0 saturated carbocycles. The topological polar surface area (TPSA) is 29.9 Å². The minimum Gasteiger partial charge on any atom is -0.333 e. The van der Waals surface area contributed by atoms with E-state index in [0.29, 0.717) is 11.5 Å². The summed E-state index contributed by atoms with van der Waals surface area (Å²) in [6.45, 7) is 13.1. The highest BCUT2D eigenvalue weighted by Gasteiger charge is 2.17. The second-order valence-electron chi connectivity index (χ2n) is 5.57. The molecule has 1 aromatic heterocycles. The maximum atomic E-state index is 4.24. The van der Waals surface area contributed by atoms with E-state index in [2.05, 4.69) is 49.5 Å². The number of nitrogens with zero attached hydrogens (tertiary/aromatic N) is 2. The maximum Gasteiger partial charge on any atom is 0.0948 e. The maximum absolute atomic E-state index is 4.24. The Kier molecular flexibility index (Phi) is 4.54. The molecule has 0 aromatic carbocycles. The molecule has 92 valence electrons. The number of hydrogen-bond acceptors (Lipinski definition) is 2. The van der Waals surface area contributed by atoms with E-state index in [-0.39, 0.29) is 0 Å². The summed E-state index contributed by atoms with van der Waals surface area (Å²) in [7, 11) is 0. The third kappa shape index (κ3) is 3.97. The SMILES string of the molecule is CCC(C)(C)Cn1cncc1CNC(C)C. The molecule has 0 bridgehead atoms. The van der Waals surface area contributed by atoms with Gasteiger partial charge in [-0.05, 0) is 11.8 Å². The fourth-order valence-corrected chi connectivity index (χ4v) is 1.52. The monoisotopic (exact) mass is 223 g/mol. The lowest BCUT2D eigenvalue weighted by Gasteiger charge is -2.24. The van der Waals surface area contributed by atoms with Gasteiger partial charge >= 0.3 is 0 Å². The van der Waals surface area contributed by atoms with E-state index in [9.17, 15) is 0 Å². The molecule has 16 heavy (non-hydrogen) atoms. The van der Waals surface area contributed by atoms with Crippen LogP contribution in [0.3, 0.4) is 0 Å². The van der Waals surface area contributed by atoms with Crippen molar-refractivity contribution in [2.45, 2.75) is 60.2 Å². The van der Waals surface area contributed by atoms with Crippen molar-refractivity contribution in [3.05, 3.63) is 18.2 Å². The van der Waals surface area contributed by atoms with Crippen LogP contribution in [0.1, 0.15) is 46.7 Å². The van der Waals surface area contributed by atoms with E-state index < -0.39 is 0 Å². The van der Waals surface area contributed by atoms with Crippen LogP contribution >= 0.6 is 0 Å². The zero-order valence-corrected chi connectivity index (χ0v) is 11.2. The molecule has 1 heterocycles. The first-order valence-electron chi connectivity index (χ1n) is 6.17. The van der Waals surface area contributed by atoms with Gasteiger partial charge in [0.1, 0.15) is 0 Å². The van der Waals surface area contributed by atoms with Gasteiger partial charge in [-0.1, -0.05) is 34.6 Å². The average molecular weight is 223 g/mol. The van der Waals surface area contributed by atoms with Crippen LogP contribution in [0.15, 0.2) is 12.5 Å². The molecule has 0 amide bonds. The molecule has 0 fully saturated rings. The first-order chi connectivity index (χ1) is 7.44. The van der Waals surface area contributed by atoms with E-state index in [0.717, 1.165) is 13.1 Å².